The van der Waals surface area contributed by atoms with Gasteiger partial charge in [-0.15, -0.1) is 0 Å². The van der Waals surface area contributed by atoms with Crippen molar-refractivity contribution < 1.29 is 14.3 Å². The second kappa shape index (κ2) is 6.14. The number of aryl methyl sites for hydroxylation is 1. The number of hydrogen-bond acceptors (Lipinski definition) is 3. The number of carbonyl (C=O) groups is 1. The molecule has 1 atom stereocenters. The Morgan fingerprint density at radius 1 is 1.29 bits per heavy atom. The molecule has 1 amide bonds. The highest BCUT2D eigenvalue weighted by Gasteiger charge is 2.30. The van der Waals surface area contributed by atoms with Crippen molar-refractivity contribution in [1.82, 2.24) is 5.32 Å². The molecule has 112 valence electrons. The van der Waals surface area contributed by atoms with Crippen LogP contribution < -0.4 is 5.32 Å². The number of aliphatic hydroxyl groups excluding tert-OH is 1. The van der Waals surface area contributed by atoms with Crippen molar-refractivity contribution in [1.29, 1.82) is 0 Å². The number of benzene rings is 1. The van der Waals surface area contributed by atoms with E-state index in [1.165, 1.54) is 6.26 Å². The molecule has 0 aliphatic carbocycles. The van der Waals surface area contributed by atoms with E-state index in [1.807, 2.05) is 45.0 Å². The second-order valence-electron chi connectivity index (χ2n) is 5.73. The minimum atomic E-state index is -0.835. The Kier molecular flexibility index (Phi) is 4.48. The monoisotopic (exact) mass is 287 g/mol. The van der Waals surface area contributed by atoms with Gasteiger partial charge in [0.25, 0.3) is 0 Å². The molecule has 2 aromatic rings. The summed E-state index contributed by atoms with van der Waals surface area (Å²) in [6.45, 7) is 5.87. The van der Waals surface area contributed by atoms with E-state index in [-0.39, 0.29) is 12.5 Å². The van der Waals surface area contributed by atoms with E-state index in [2.05, 4.69) is 5.32 Å². The fourth-order valence-electron chi connectivity index (χ4n) is 2.09. The van der Waals surface area contributed by atoms with Crippen LogP contribution in [0, 0.1) is 6.92 Å². The van der Waals surface area contributed by atoms with Crippen LogP contribution in [0.2, 0.25) is 0 Å². The Morgan fingerprint density at radius 2 is 1.95 bits per heavy atom. The van der Waals surface area contributed by atoms with Crippen molar-refractivity contribution in [3.05, 3.63) is 59.5 Å². The van der Waals surface area contributed by atoms with Gasteiger partial charge in [0.15, 0.2) is 0 Å². The molecule has 1 unspecified atom stereocenters. The fourth-order valence-corrected chi connectivity index (χ4v) is 2.09. The summed E-state index contributed by atoms with van der Waals surface area (Å²) in [5, 5.41) is 12.7. The van der Waals surface area contributed by atoms with Crippen LogP contribution in [0.3, 0.4) is 0 Å². The summed E-state index contributed by atoms with van der Waals surface area (Å²) < 4.78 is 5.11. The average molecular weight is 287 g/mol. The molecule has 4 heteroatoms. The zero-order valence-corrected chi connectivity index (χ0v) is 12.6. The number of furan rings is 1. The minimum absolute atomic E-state index is 0.127. The molecule has 0 aliphatic heterocycles. The molecule has 1 aromatic carbocycles. The third-order valence-corrected chi connectivity index (χ3v) is 3.67. The molecule has 21 heavy (non-hydrogen) atoms. The third-order valence-electron chi connectivity index (χ3n) is 3.67. The van der Waals surface area contributed by atoms with Crippen molar-refractivity contribution >= 4 is 5.91 Å². The standard InChI is InChI=1S/C17H21NO3/c1-12-6-8-13(9-7-12)17(2,3)16(20)18-11-14(19)15-5-4-10-21-15/h4-10,14,19H,11H2,1-3H3,(H,18,20). The molecular weight excluding hydrogens is 266 g/mol. The highest BCUT2D eigenvalue weighted by molar-refractivity contribution is 5.87. The summed E-state index contributed by atoms with van der Waals surface area (Å²) in [5.41, 5.74) is 1.44. The normalized spacial score (nSPS) is 13.0. The van der Waals surface area contributed by atoms with E-state index < -0.39 is 11.5 Å². The van der Waals surface area contributed by atoms with Crippen molar-refractivity contribution in [2.24, 2.45) is 0 Å². The lowest BCUT2D eigenvalue weighted by Gasteiger charge is -2.25. The smallest absolute Gasteiger partial charge is 0.230 e. The Labute approximate surface area is 124 Å². The van der Waals surface area contributed by atoms with E-state index >= 15 is 0 Å². The van der Waals surface area contributed by atoms with Crippen LogP contribution in [0.15, 0.2) is 47.1 Å². The van der Waals surface area contributed by atoms with Gasteiger partial charge in [0.1, 0.15) is 11.9 Å². The fraction of sp³-hybridized carbons (Fsp3) is 0.353. The van der Waals surface area contributed by atoms with E-state index in [9.17, 15) is 9.90 Å². The highest BCUT2D eigenvalue weighted by Crippen LogP contribution is 2.24. The van der Waals surface area contributed by atoms with Crippen LogP contribution in [-0.2, 0) is 10.2 Å². The third kappa shape index (κ3) is 3.52. The van der Waals surface area contributed by atoms with Gasteiger partial charge in [-0.3, -0.25) is 4.79 Å². The van der Waals surface area contributed by atoms with Crippen molar-refractivity contribution in [3.63, 3.8) is 0 Å². The molecule has 0 aliphatic rings. The van der Waals surface area contributed by atoms with Crippen LogP contribution in [0.5, 0.6) is 0 Å². The summed E-state index contributed by atoms with van der Waals surface area (Å²) >= 11 is 0. The summed E-state index contributed by atoms with van der Waals surface area (Å²) in [6, 6.07) is 11.3. The number of carbonyl (C=O) groups excluding carboxylic acids is 1. The quantitative estimate of drug-likeness (QED) is 0.888. The van der Waals surface area contributed by atoms with Crippen LogP contribution in [0.4, 0.5) is 0 Å². The van der Waals surface area contributed by atoms with Crippen molar-refractivity contribution in [3.8, 4) is 0 Å². The minimum Gasteiger partial charge on any atom is -0.467 e. The van der Waals surface area contributed by atoms with E-state index in [0.717, 1.165) is 11.1 Å². The molecule has 4 nitrogen and oxygen atoms in total. The molecule has 0 bridgehead atoms. The molecule has 0 spiro atoms. The van der Waals surface area contributed by atoms with Crippen LogP contribution >= 0.6 is 0 Å². The number of amides is 1. The molecule has 0 radical (unpaired) electrons. The predicted octanol–water partition coefficient (Wildman–Crippen LogP) is 2.72. The van der Waals surface area contributed by atoms with Gasteiger partial charge >= 0.3 is 0 Å². The summed E-state index contributed by atoms with van der Waals surface area (Å²) in [4.78, 5) is 12.4. The van der Waals surface area contributed by atoms with Gasteiger partial charge in [0, 0.05) is 0 Å². The van der Waals surface area contributed by atoms with E-state index in [4.69, 9.17) is 4.42 Å². The maximum Gasteiger partial charge on any atom is 0.230 e. The van der Waals surface area contributed by atoms with E-state index in [1.54, 1.807) is 12.1 Å². The van der Waals surface area contributed by atoms with Crippen LogP contribution in [0.1, 0.15) is 36.8 Å². The van der Waals surface area contributed by atoms with Gasteiger partial charge in [0.05, 0.1) is 18.2 Å². The van der Waals surface area contributed by atoms with Crippen molar-refractivity contribution in [2.45, 2.75) is 32.3 Å². The first kappa shape index (κ1) is 15.3. The second-order valence-corrected chi connectivity index (χ2v) is 5.73. The van der Waals surface area contributed by atoms with Gasteiger partial charge in [0.2, 0.25) is 5.91 Å². The average Bonchev–Trinajstić information content (AvgIpc) is 2.99. The lowest BCUT2D eigenvalue weighted by atomic mass is 9.83. The zero-order chi connectivity index (χ0) is 15.5. The highest BCUT2D eigenvalue weighted by atomic mass is 16.4. The van der Waals surface area contributed by atoms with Gasteiger partial charge in [-0.2, -0.15) is 0 Å². The largest absolute Gasteiger partial charge is 0.467 e. The van der Waals surface area contributed by atoms with E-state index in [0.29, 0.717) is 5.76 Å². The number of aliphatic hydroxyl groups is 1. The Balaban J connectivity index is 2.00. The first-order chi connectivity index (χ1) is 9.91. The zero-order valence-electron chi connectivity index (χ0n) is 12.6. The first-order valence-electron chi connectivity index (χ1n) is 6.98. The topological polar surface area (TPSA) is 62.5 Å². The summed E-state index contributed by atoms with van der Waals surface area (Å²) in [5.74, 6) is 0.320. The maximum absolute atomic E-state index is 12.4. The van der Waals surface area contributed by atoms with Crippen LogP contribution in [0.25, 0.3) is 0 Å². The Morgan fingerprint density at radius 3 is 2.52 bits per heavy atom. The summed E-state index contributed by atoms with van der Waals surface area (Å²) in [7, 11) is 0. The maximum atomic E-state index is 12.4. The molecule has 0 fully saturated rings. The molecule has 2 rings (SSSR count). The molecule has 0 saturated carbocycles. The van der Waals surface area contributed by atoms with Crippen molar-refractivity contribution in [2.75, 3.05) is 6.54 Å². The number of nitrogens with one attached hydrogen (secondary N) is 1. The number of hydrogen-bond donors (Lipinski definition) is 2. The summed E-state index contributed by atoms with van der Waals surface area (Å²) in [6.07, 6.45) is 0.661. The van der Waals surface area contributed by atoms with Gasteiger partial charge < -0.3 is 14.8 Å². The lowest BCUT2D eigenvalue weighted by Crippen LogP contribution is -2.41. The molecule has 2 N–H and O–H groups in total. The molecule has 1 aromatic heterocycles. The van der Waals surface area contributed by atoms with Gasteiger partial charge in [-0.25, -0.2) is 0 Å². The van der Waals surface area contributed by atoms with Gasteiger partial charge in [-0.1, -0.05) is 29.8 Å². The SMILES string of the molecule is Cc1ccc(C(C)(C)C(=O)NCC(O)c2ccco2)cc1. The van der Waals surface area contributed by atoms with Gasteiger partial charge in [-0.05, 0) is 38.5 Å². The predicted molar refractivity (Wildman–Crippen MR) is 80.9 cm³/mol. The Hall–Kier alpha value is -2.07. The van der Waals surface area contributed by atoms with Crippen LogP contribution in [-0.4, -0.2) is 17.6 Å². The molecular formula is C17H21NO3. The first-order valence-corrected chi connectivity index (χ1v) is 6.98. The Bertz CT molecular complexity index is 585. The molecule has 0 saturated heterocycles. The molecule has 1 heterocycles. The number of rotatable bonds is 5. The lowest BCUT2D eigenvalue weighted by molar-refractivity contribution is -0.126.